The number of morpholine rings is 1. The fraction of sp³-hybridized carbons (Fsp3) is 0.412. The summed E-state index contributed by atoms with van der Waals surface area (Å²) >= 11 is 0. The van der Waals surface area contributed by atoms with Crippen LogP contribution in [0.25, 0.3) is 10.9 Å². The van der Waals surface area contributed by atoms with E-state index in [0.717, 1.165) is 10.5 Å². The third-order valence-electron chi connectivity index (χ3n) is 9.05. The predicted molar refractivity (Wildman–Crippen MR) is 179 cm³/mol. The number of anilines is 4. The molecule has 2 aliphatic heterocycles. The number of hydrogen-bond acceptors (Lipinski definition) is 12. The van der Waals surface area contributed by atoms with E-state index in [1.807, 2.05) is 12.1 Å². The van der Waals surface area contributed by atoms with Gasteiger partial charge in [0.25, 0.3) is 0 Å². The number of nitrogens with zero attached hydrogens (tertiary/aromatic N) is 6. The first-order chi connectivity index (χ1) is 23.4. The number of ether oxygens (including phenoxy) is 4. The fourth-order valence-electron chi connectivity index (χ4n) is 6.82. The molecule has 256 valence electrons. The van der Waals surface area contributed by atoms with E-state index in [-0.39, 0.29) is 5.92 Å². The number of amides is 2. The summed E-state index contributed by atoms with van der Waals surface area (Å²) in [5, 5.41) is 18.5. The van der Waals surface area contributed by atoms with Crippen molar-refractivity contribution in [1.29, 1.82) is 0 Å². The lowest BCUT2D eigenvalue weighted by Gasteiger charge is -2.29. The van der Waals surface area contributed by atoms with E-state index in [1.54, 1.807) is 59.1 Å². The van der Waals surface area contributed by atoms with Gasteiger partial charge in [-0.1, -0.05) is 6.07 Å². The number of aromatic nitrogens is 4. The Morgan fingerprint density at radius 2 is 1.80 bits per heavy atom. The highest BCUT2D eigenvalue weighted by Crippen LogP contribution is 2.67. The number of carbonyl (C=O) groups is 3. The van der Waals surface area contributed by atoms with Crippen molar-refractivity contribution in [3.05, 3.63) is 53.3 Å². The molecule has 2 amide bonds. The van der Waals surface area contributed by atoms with Crippen LogP contribution in [0, 0.1) is 6.92 Å². The van der Waals surface area contributed by atoms with E-state index in [0.29, 0.717) is 89.7 Å². The van der Waals surface area contributed by atoms with Crippen molar-refractivity contribution >= 4 is 52.1 Å². The number of fused-ring (bicyclic) bond motifs is 3. The van der Waals surface area contributed by atoms with Crippen LogP contribution in [-0.2, 0) is 19.7 Å². The SMILES string of the molecule is COc1ccc2c(c1)[C@]1(C[C@H]1c1ccc3c(Nc4nc(C)nc(N5CCOCC5)c4OC)nn(C(=O)OC(C)(C)C)c3c1)C(=O)N2C(=O)O. The Hall–Kier alpha value is -5.44. The van der Waals surface area contributed by atoms with Crippen LogP contribution >= 0.6 is 0 Å². The number of imide groups is 1. The average molecular weight is 672 g/mol. The molecule has 3 aliphatic rings. The number of hydrogen-bond donors (Lipinski definition) is 2. The van der Waals surface area contributed by atoms with Crippen LogP contribution in [0.15, 0.2) is 36.4 Å². The smallest absolute Gasteiger partial charge is 0.435 e. The summed E-state index contributed by atoms with van der Waals surface area (Å²) in [7, 11) is 3.06. The topological polar surface area (TPSA) is 170 Å². The van der Waals surface area contributed by atoms with E-state index in [1.165, 1.54) is 11.8 Å². The molecule has 15 heteroatoms. The molecular formula is C34H37N7O8. The third kappa shape index (κ3) is 5.33. The minimum atomic E-state index is -1.35. The van der Waals surface area contributed by atoms with Gasteiger partial charge in [-0.05, 0) is 75.6 Å². The Kier molecular flexibility index (Phi) is 7.61. The van der Waals surface area contributed by atoms with Gasteiger partial charge in [0.2, 0.25) is 11.7 Å². The van der Waals surface area contributed by atoms with Crippen molar-refractivity contribution in [3.8, 4) is 11.5 Å². The molecule has 4 heterocycles. The minimum Gasteiger partial charge on any atom is -0.497 e. The van der Waals surface area contributed by atoms with Crippen molar-refractivity contribution in [1.82, 2.24) is 19.7 Å². The Morgan fingerprint density at radius 1 is 1.04 bits per heavy atom. The first kappa shape index (κ1) is 32.1. The second-order valence-corrected chi connectivity index (χ2v) is 13.3. The second kappa shape index (κ2) is 11.6. The third-order valence-corrected chi connectivity index (χ3v) is 9.05. The van der Waals surface area contributed by atoms with Crippen LogP contribution in [0.3, 0.4) is 0 Å². The summed E-state index contributed by atoms with van der Waals surface area (Å²) in [4.78, 5) is 51.7. The molecule has 49 heavy (non-hydrogen) atoms. The van der Waals surface area contributed by atoms with Gasteiger partial charge in [0.1, 0.15) is 17.2 Å². The number of carbonyl (C=O) groups excluding carboxylic acids is 2. The molecule has 15 nitrogen and oxygen atoms in total. The lowest BCUT2D eigenvalue weighted by atomic mass is 9.91. The molecule has 4 aromatic rings. The summed E-state index contributed by atoms with van der Waals surface area (Å²) in [5.41, 5.74) is 0.187. The molecule has 0 radical (unpaired) electrons. The van der Waals surface area contributed by atoms with Crippen LogP contribution in [-0.4, -0.2) is 89.1 Å². The number of carboxylic acid groups (broad SMARTS) is 1. The summed E-state index contributed by atoms with van der Waals surface area (Å²) in [6.45, 7) is 9.48. The van der Waals surface area contributed by atoms with E-state index in [9.17, 15) is 19.5 Å². The molecule has 2 atom stereocenters. The predicted octanol–water partition coefficient (Wildman–Crippen LogP) is 4.97. The first-order valence-electron chi connectivity index (χ1n) is 15.9. The van der Waals surface area contributed by atoms with E-state index in [4.69, 9.17) is 18.9 Å². The monoisotopic (exact) mass is 671 g/mol. The van der Waals surface area contributed by atoms with Gasteiger partial charge in [0, 0.05) is 24.4 Å². The number of rotatable bonds is 6. The minimum absolute atomic E-state index is 0.317. The number of nitrogens with one attached hydrogen (secondary N) is 1. The molecule has 1 saturated heterocycles. The van der Waals surface area contributed by atoms with Gasteiger partial charge in [-0.15, -0.1) is 5.10 Å². The maximum absolute atomic E-state index is 13.8. The molecule has 1 saturated carbocycles. The van der Waals surface area contributed by atoms with Crippen LogP contribution in [0.1, 0.15) is 50.1 Å². The highest BCUT2D eigenvalue weighted by atomic mass is 16.6. The van der Waals surface area contributed by atoms with E-state index < -0.39 is 29.1 Å². The molecular weight excluding hydrogens is 634 g/mol. The molecule has 2 N–H and O–H groups in total. The van der Waals surface area contributed by atoms with Gasteiger partial charge in [-0.3, -0.25) is 4.79 Å². The average Bonchev–Trinajstić information content (AvgIpc) is 3.65. The second-order valence-electron chi connectivity index (χ2n) is 13.3. The zero-order chi connectivity index (χ0) is 34.8. The fourth-order valence-corrected chi connectivity index (χ4v) is 6.82. The van der Waals surface area contributed by atoms with Crippen molar-refractivity contribution in [3.63, 3.8) is 0 Å². The zero-order valence-electron chi connectivity index (χ0n) is 28.1. The number of benzene rings is 2. The van der Waals surface area contributed by atoms with Crippen molar-refractivity contribution in [2.24, 2.45) is 0 Å². The summed E-state index contributed by atoms with van der Waals surface area (Å²) in [6, 6.07) is 10.4. The molecule has 2 fully saturated rings. The highest BCUT2D eigenvalue weighted by molar-refractivity contribution is 6.22. The molecule has 1 spiro atoms. The highest BCUT2D eigenvalue weighted by Gasteiger charge is 2.68. The zero-order valence-corrected chi connectivity index (χ0v) is 28.1. The van der Waals surface area contributed by atoms with Gasteiger partial charge >= 0.3 is 12.2 Å². The van der Waals surface area contributed by atoms with Gasteiger partial charge in [-0.2, -0.15) is 4.68 Å². The molecule has 2 aromatic heterocycles. The van der Waals surface area contributed by atoms with Crippen molar-refractivity contribution in [2.45, 2.75) is 51.0 Å². The van der Waals surface area contributed by atoms with Crippen LogP contribution in [0.5, 0.6) is 11.5 Å². The largest absolute Gasteiger partial charge is 0.497 e. The Balaban J connectivity index is 1.31. The quantitative estimate of drug-likeness (QED) is 0.282. The van der Waals surface area contributed by atoms with Gasteiger partial charge in [0.05, 0.1) is 44.1 Å². The van der Waals surface area contributed by atoms with Crippen LogP contribution in [0.4, 0.5) is 32.7 Å². The summed E-state index contributed by atoms with van der Waals surface area (Å²) < 4.78 is 23.6. The maximum Gasteiger partial charge on any atom is 0.435 e. The Morgan fingerprint density at radius 3 is 2.47 bits per heavy atom. The van der Waals surface area contributed by atoms with Crippen LogP contribution in [0.2, 0.25) is 0 Å². The van der Waals surface area contributed by atoms with Crippen molar-refractivity contribution in [2.75, 3.05) is 55.6 Å². The lowest BCUT2D eigenvalue weighted by molar-refractivity contribution is -0.119. The van der Waals surface area contributed by atoms with Gasteiger partial charge < -0.3 is 34.3 Å². The van der Waals surface area contributed by atoms with Crippen molar-refractivity contribution < 1.29 is 38.4 Å². The van der Waals surface area contributed by atoms with Gasteiger partial charge in [-0.25, -0.2) is 24.5 Å². The Bertz CT molecular complexity index is 2020. The summed E-state index contributed by atoms with van der Waals surface area (Å²) in [6.07, 6.45) is -1.66. The number of aryl methyl sites for hydroxylation is 1. The molecule has 0 bridgehead atoms. The normalized spacial score (nSPS) is 20.0. The molecule has 2 aromatic carbocycles. The van der Waals surface area contributed by atoms with Gasteiger partial charge in [0.15, 0.2) is 17.5 Å². The van der Waals surface area contributed by atoms with Crippen LogP contribution < -0.4 is 24.6 Å². The lowest BCUT2D eigenvalue weighted by Crippen LogP contribution is -2.37. The Labute approximate surface area is 281 Å². The molecule has 0 unspecified atom stereocenters. The summed E-state index contributed by atoms with van der Waals surface area (Å²) in [5.74, 6) is 1.88. The maximum atomic E-state index is 13.8. The molecule has 1 aliphatic carbocycles. The van der Waals surface area contributed by atoms with E-state index >= 15 is 0 Å². The first-order valence-corrected chi connectivity index (χ1v) is 15.9. The standard InChI is InChI=1S/C34H37N7O8/c1-18-35-28(26(47-6)29(36-18)39-11-13-48-14-12-39)37-27-21-9-7-19(15-25(21)41(38-27)32(45)49-33(2,3)4)23-17-34(23)22-16-20(46-5)8-10-24(22)40(30(34)42)31(43)44/h7-10,15-16,23H,11-14,17H2,1-6H3,(H,43,44)(H,35,36,37,38)/t23-,34-/m0/s1. The number of methoxy groups -OCH3 is 2. The van der Waals surface area contributed by atoms with E-state index in [2.05, 4.69) is 25.3 Å². The molecule has 7 rings (SSSR count).